The summed E-state index contributed by atoms with van der Waals surface area (Å²) < 4.78 is 39.7. The molecular weight excluding hydrogens is 536 g/mol. The van der Waals surface area contributed by atoms with Crippen molar-refractivity contribution in [1.29, 1.82) is 0 Å². The van der Waals surface area contributed by atoms with E-state index in [2.05, 4.69) is 10.00 Å². The number of piperazine rings is 1. The molecule has 0 N–H and O–H groups in total. The van der Waals surface area contributed by atoms with E-state index in [9.17, 15) is 18.0 Å². The van der Waals surface area contributed by atoms with Gasteiger partial charge in [0.2, 0.25) is 0 Å². The van der Waals surface area contributed by atoms with Crippen LogP contribution in [0.1, 0.15) is 11.1 Å². The van der Waals surface area contributed by atoms with Gasteiger partial charge < -0.3 is 4.90 Å². The number of amides is 1. The Morgan fingerprint density at radius 3 is 2.11 bits per heavy atom. The van der Waals surface area contributed by atoms with Gasteiger partial charge in [-0.15, -0.1) is 0 Å². The number of benzene rings is 3. The molecule has 0 bridgehead atoms. The van der Waals surface area contributed by atoms with Crippen molar-refractivity contribution >= 4 is 29.2 Å². The van der Waals surface area contributed by atoms with E-state index in [1.165, 1.54) is 23.0 Å². The van der Waals surface area contributed by atoms with Crippen LogP contribution in [0.15, 0.2) is 79.1 Å². The minimum atomic E-state index is -4.40. The Labute approximate surface area is 228 Å². The maximum atomic E-state index is 13.0. The van der Waals surface area contributed by atoms with Crippen LogP contribution >= 0.6 is 23.2 Å². The van der Waals surface area contributed by atoms with Gasteiger partial charge in [-0.25, -0.2) is 4.79 Å². The summed E-state index contributed by atoms with van der Waals surface area (Å²) in [7, 11) is 0. The van der Waals surface area contributed by atoms with Gasteiger partial charge in [0, 0.05) is 54.5 Å². The average Bonchev–Trinajstić information content (AvgIpc) is 3.40. The normalized spacial score (nSPS) is 14.6. The summed E-state index contributed by atoms with van der Waals surface area (Å²) in [5.41, 5.74) is 3.61. The van der Waals surface area contributed by atoms with Gasteiger partial charge in [-0.2, -0.15) is 23.0 Å². The smallest absolute Gasteiger partial charge is 0.320 e. The van der Waals surface area contributed by atoms with Gasteiger partial charge in [0.1, 0.15) is 0 Å². The fraction of sp³-hybridized carbons (Fsp3) is 0.214. The van der Waals surface area contributed by atoms with Crippen molar-refractivity contribution in [2.75, 3.05) is 26.2 Å². The van der Waals surface area contributed by atoms with Crippen LogP contribution in [0.2, 0.25) is 10.0 Å². The van der Waals surface area contributed by atoms with Crippen molar-refractivity contribution < 1.29 is 18.0 Å². The van der Waals surface area contributed by atoms with Gasteiger partial charge in [-0.1, -0.05) is 53.5 Å². The first kappa shape index (κ1) is 26.3. The lowest BCUT2D eigenvalue weighted by molar-refractivity contribution is -0.137. The van der Waals surface area contributed by atoms with E-state index in [-0.39, 0.29) is 6.03 Å². The standard InChI is InChI=1S/C28H23Cl2F3N4O/c29-24-8-3-20(4-9-24)26-15-25(30)10-5-21(26)17-35-11-13-36(14-12-35)27(38)37-18-22(16-34-37)19-1-6-23(7-2-19)28(31,32)33/h1-10,15-16,18H,11-14,17H2. The molecule has 1 fully saturated rings. The first-order chi connectivity index (χ1) is 18.2. The summed E-state index contributed by atoms with van der Waals surface area (Å²) in [4.78, 5) is 17.0. The molecule has 1 aromatic heterocycles. The summed E-state index contributed by atoms with van der Waals surface area (Å²) in [5, 5.41) is 5.48. The molecule has 2 heterocycles. The highest BCUT2D eigenvalue weighted by molar-refractivity contribution is 6.31. The molecule has 196 valence electrons. The molecule has 1 amide bonds. The van der Waals surface area contributed by atoms with Crippen LogP contribution in [0.5, 0.6) is 0 Å². The van der Waals surface area contributed by atoms with Gasteiger partial charge in [0.25, 0.3) is 0 Å². The van der Waals surface area contributed by atoms with Gasteiger partial charge in [0.05, 0.1) is 11.8 Å². The number of nitrogens with zero attached hydrogens (tertiary/aromatic N) is 4. The topological polar surface area (TPSA) is 41.4 Å². The maximum absolute atomic E-state index is 13.0. The number of carbonyl (C=O) groups is 1. The Balaban J connectivity index is 1.22. The highest BCUT2D eigenvalue weighted by Crippen LogP contribution is 2.31. The van der Waals surface area contributed by atoms with Crippen molar-refractivity contribution in [3.05, 3.63) is 100 Å². The Morgan fingerprint density at radius 2 is 1.45 bits per heavy atom. The second-order valence-electron chi connectivity index (χ2n) is 9.10. The van der Waals surface area contributed by atoms with Crippen molar-refractivity contribution in [2.24, 2.45) is 0 Å². The molecule has 0 atom stereocenters. The van der Waals surface area contributed by atoms with Gasteiger partial charge in [0.15, 0.2) is 0 Å². The lowest BCUT2D eigenvalue weighted by Crippen LogP contribution is -2.49. The highest BCUT2D eigenvalue weighted by atomic mass is 35.5. The molecular formula is C28H23Cl2F3N4O. The van der Waals surface area contributed by atoms with Crippen LogP contribution in [-0.4, -0.2) is 51.8 Å². The second-order valence-corrected chi connectivity index (χ2v) is 9.98. The number of carbonyl (C=O) groups excluding carboxylic acids is 1. The first-order valence-electron chi connectivity index (χ1n) is 12.0. The van der Waals surface area contributed by atoms with Crippen LogP contribution < -0.4 is 0 Å². The largest absolute Gasteiger partial charge is 0.416 e. The molecule has 10 heteroatoms. The molecule has 1 aliphatic heterocycles. The van der Waals surface area contributed by atoms with E-state index in [0.717, 1.165) is 28.8 Å². The van der Waals surface area contributed by atoms with E-state index in [0.29, 0.717) is 53.9 Å². The Kier molecular flexibility index (Phi) is 7.47. The van der Waals surface area contributed by atoms with Crippen molar-refractivity contribution in [2.45, 2.75) is 12.7 Å². The van der Waals surface area contributed by atoms with Crippen LogP contribution in [0.3, 0.4) is 0 Å². The summed E-state index contributed by atoms with van der Waals surface area (Å²) in [6.07, 6.45) is -1.37. The van der Waals surface area contributed by atoms with E-state index in [4.69, 9.17) is 23.2 Å². The Bertz CT molecular complexity index is 1430. The molecule has 0 unspecified atom stereocenters. The zero-order valence-electron chi connectivity index (χ0n) is 20.1. The minimum Gasteiger partial charge on any atom is -0.320 e. The zero-order valence-corrected chi connectivity index (χ0v) is 21.6. The fourth-order valence-corrected chi connectivity index (χ4v) is 4.79. The maximum Gasteiger partial charge on any atom is 0.416 e. The second kappa shape index (κ2) is 10.8. The van der Waals surface area contributed by atoms with E-state index < -0.39 is 11.7 Å². The molecule has 38 heavy (non-hydrogen) atoms. The Morgan fingerprint density at radius 1 is 0.816 bits per heavy atom. The lowest BCUT2D eigenvalue weighted by atomic mass is 9.99. The van der Waals surface area contributed by atoms with E-state index in [1.807, 2.05) is 42.5 Å². The predicted molar refractivity (Wildman–Crippen MR) is 142 cm³/mol. The zero-order chi connectivity index (χ0) is 26.9. The molecule has 1 aliphatic rings. The number of hydrogen-bond acceptors (Lipinski definition) is 3. The monoisotopic (exact) mass is 558 g/mol. The van der Waals surface area contributed by atoms with E-state index >= 15 is 0 Å². The SMILES string of the molecule is O=C(N1CCN(Cc2ccc(Cl)cc2-c2ccc(Cl)cc2)CC1)n1cc(-c2ccc(C(F)(F)F)cc2)cn1. The summed E-state index contributed by atoms with van der Waals surface area (Å²) in [6.45, 7) is 3.12. The predicted octanol–water partition coefficient (Wildman–Crippen LogP) is 7.33. The number of rotatable bonds is 4. The fourth-order valence-electron chi connectivity index (χ4n) is 4.50. The number of alkyl halides is 3. The van der Waals surface area contributed by atoms with Crippen LogP contribution in [-0.2, 0) is 12.7 Å². The van der Waals surface area contributed by atoms with Crippen LogP contribution in [0, 0.1) is 0 Å². The quantitative estimate of drug-likeness (QED) is 0.263. The number of hydrogen-bond donors (Lipinski definition) is 0. The van der Waals surface area contributed by atoms with Crippen LogP contribution in [0.4, 0.5) is 18.0 Å². The Hall–Kier alpha value is -3.33. The highest BCUT2D eigenvalue weighted by Gasteiger charge is 2.30. The summed E-state index contributed by atoms with van der Waals surface area (Å²) in [5.74, 6) is 0. The molecule has 1 saturated heterocycles. The number of halogens is 5. The molecule has 0 aliphatic carbocycles. The lowest BCUT2D eigenvalue weighted by Gasteiger charge is -2.34. The molecule has 5 nitrogen and oxygen atoms in total. The molecule has 5 rings (SSSR count). The first-order valence-corrected chi connectivity index (χ1v) is 12.7. The third-order valence-electron chi connectivity index (χ3n) is 6.59. The van der Waals surface area contributed by atoms with Gasteiger partial charge >= 0.3 is 12.2 Å². The molecule has 0 spiro atoms. The summed E-state index contributed by atoms with van der Waals surface area (Å²) in [6, 6.07) is 18.0. The molecule has 4 aromatic rings. The summed E-state index contributed by atoms with van der Waals surface area (Å²) >= 11 is 12.3. The van der Waals surface area contributed by atoms with Gasteiger partial charge in [-0.05, 0) is 58.7 Å². The minimum absolute atomic E-state index is 0.267. The van der Waals surface area contributed by atoms with E-state index in [1.54, 1.807) is 11.1 Å². The molecule has 3 aromatic carbocycles. The molecule has 0 radical (unpaired) electrons. The third-order valence-corrected chi connectivity index (χ3v) is 7.08. The number of aromatic nitrogens is 2. The van der Waals surface area contributed by atoms with Crippen molar-refractivity contribution in [3.63, 3.8) is 0 Å². The van der Waals surface area contributed by atoms with Crippen LogP contribution in [0.25, 0.3) is 22.3 Å². The third kappa shape index (κ3) is 5.88. The molecule has 0 saturated carbocycles. The average molecular weight is 559 g/mol. The van der Waals surface area contributed by atoms with Crippen molar-refractivity contribution in [1.82, 2.24) is 19.6 Å². The van der Waals surface area contributed by atoms with Gasteiger partial charge in [-0.3, -0.25) is 4.90 Å². The van der Waals surface area contributed by atoms with Crippen molar-refractivity contribution in [3.8, 4) is 22.3 Å².